The maximum Gasteiger partial charge on any atom is 0.191 e. The third-order valence-electron chi connectivity index (χ3n) is 4.80. The highest BCUT2D eigenvalue weighted by atomic mass is 35.5. The van der Waals surface area contributed by atoms with Gasteiger partial charge in [0, 0.05) is 31.2 Å². The zero-order valence-corrected chi connectivity index (χ0v) is 19.2. The molecule has 2 aromatic carbocycles. The first-order valence-corrected chi connectivity index (χ1v) is 11.5. The average Bonchev–Trinajstić information content (AvgIpc) is 3.23. The lowest BCUT2D eigenvalue weighted by molar-refractivity contribution is 0.181. The summed E-state index contributed by atoms with van der Waals surface area (Å²) >= 11 is 7.47. The predicted octanol–water partition coefficient (Wildman–Crippen LogP) is 5.51. The number of aromatic nitrogens is 4. The Hall–Kier alpha value is -2.87. The molecule has 6 nitrogen and oxygen atoms in total. The summed E-state index contributed by atoms with van der Waals surface area (Å²) in [6.45, 7) is 1.51. The number of pyridine rings is 1. The van der Waals surface area contributed by atoms with Gasteiger partial charge in [-0.1, -0.05) is 78.0 Å². The van der Waals surface area contributed by atoms with Gasteiger partial charge in [-0.05, 0) is 23.3 Å². The van der Waals surface area contributed by atoms with Gasteiger partial charge in [-0.3, -0.25) is 0 Å². The highest BCUT2D eigenvalue weighted by molar-refractivity contribution is 7.98. The van der Waals surface area contributed by atoms with Gasteiger partial charge in [-0.2, -0.15) is 0 Å². The molecule has 0 spiro atoms. The van der Waals surface area contributed by atoms with E-state index in [4.69, 9.17) is 21.1 Å². The van der Waals surface area contributed by atoms with Gasteiger partial charge in [0.2, 0.25) is 0 Å². The summed E-state index contributed by atoms with van der Waals surface area (Å²) in [6, 6.07) is 22.0. The highest BCUT2D eigenvalue weighted by Gasteiger charge is 2.15. The van der Waals surface area contributed by atoms with Crippen molar-refractivity contribution in [3.8, 4) is 16.9 Å². The van der Waals surface area contributed by atoms with Crippen molar-refractivity contribution >= 4 is 23.4 Å². The first-order chi connectivity index (χ1) is 15.7. The largest absolute Gasteiger partial charge is 0.485 e. The molecule has 0 saturated heterocycles. The zero-order valence-electron chi connectivity index (χ0n) is 17.6. The van der Waals surface area contributed by atoms with Crippen molar-refractivity contribution in [2.24, 2.45) is 0 Å². The Kier molecular flexibility index (Phi) is 7.77. The fourth-order valence-corrected chi connectivity index (χ4v) is 4.20. The quantitative estimate of drug-likeness (QED) is 0.227. The van der Waals surface area contributed by atoms with Crippen molar-refractivity contribution < 1.29 is 9.47 Å². The molecule has 2 aromatic heterocycles. The predicted molar refractivity (Wildman–Crippen MR) is 127 cm³/mol. The van der Waals surface area contributed by atoms with Gasteiger partial charge in [0.25, 0.3) is 0 Å². The van der Waals surface area contributed by atoms with Crippen LogP contribution in [0.2, 0.25) is 5.15 Å². The number of hydrogen-bond donors (Lipinski definition) is 0. The molecule has 32 heavy (non-hydrogen) atoms. The molecule has 0 aliphatic rings. The normalized spacial score (nSPS) is 10.9. The molecule has 0 bridgehead atoms. The number of hydrogen-bond acceptors (Lipinski definition) is 6. The van der Waals surface area contributed by atoms with E-state index in [1.807, 2.05) is 47.0 Å². The first kappa shape index (κ1) is 22.3. The van der Waals surface area contributed by atoms with E-state index in [0.717, 1.165) is 33.4 Å². The molecule has 0 radical (unpaired) electrons. The van der Waals surface area contributed by atoms with E-state index >= 15 is 0 Å². The minimum atomic E-state index is 0.309. The molecule has 0 aliphatic heterocycles. The minimum absolute atomic E-state index is 0.309. The molecule has 4 aromatic rings. The molecule has 0 aliphatic carbocycles. The van der Waals surface area contributed by atoms with Crippen LogP contribution in [0.25, 0.3) is 11.1 Å². The van der Waals surface area contributed by atoms with Gasteiger partial charge in [0.15, 0.2) is 11.0 Å². The van der Waals surface area contributed by atoms with Gasteiger partial charge in [-0.15, -0.1) is 10.2 Å². The van der Waals surface area contributed by atoms with Crippen LogP contribution in [0.15, 0.2) is 78.1 Å². The van der Waals surface area contributed by atoms with Crippen molar-refractivity contribution in [2.75, 3.05) is 13.7 Å². The number of nitrogens with zero attached hydrogens (tertiary/aromatic N) is 4. The molecule has 0 atom stereocenters. The molecule has 0 saturated carbocycles. The molecule has 0 unspecified atom stereocenters. The Morgan fingerprint density at radius 3 is 2.56 bits per heavy atom. The Morgan fingerprint density at radius 1 is 0.969 bits per heavy atom. The molecule has 0 N–H and O–H groups in total. The third-order valence-corrected chi connectivity index (χ3v) is 6.06. The first-order valence-electron chi connectivity index (χ1n) is 10.2. The van der Waals surface area contributed by atoms with Crippen LogP contribution in [-0.4, -0.2) is 33.5 Å². The molecular weight excluding hydrogens is 444 g/mol. The second kappa shape index (κ2) is 11.1. The van der Waals surface area contributed by atoms with E-state index in [-0.39, 0.29) is 0 Å². The van der Waals surface area contributed by atoms with E-state index in [0.29, 0.717) is 30.7 Å². The fraction of sp³-hybridized carbons (Fsp3) is 0.208. The molecule has 4 rings (SSSR count). The summed E-state index contributed by atoms with van der Waals surface area (Å²) in [5, 5.41) is 10.1. The van der Waals surface area contributed by atoms with Crippen molar-refractivity contribution in [3.05, 3.63) is 89.5 Å². The van der Waals surface area contributed by atoms with Crippen molar-refractivity contribution in [2.45, 2.75) is 24.1 Å². The lowest BCUT2D eigenvalue weighted by Crippen LogP contribution is -2.12. The van der Waals surface area contributed by atoms with Crippen LogP contribution in [-0.2, 0) is 23.6 Å². The number of methoxy groups -OCH3 is 1. The lowest BCUT2D eigenvalue weighted by atomic mass is 10.1. The van der Waals surface area contributed by atoms with Crippen molar-refractivity contribution in [3.63, 3.8) is 0 Å². The van der Waals surface area contributed by atoms with Crippen LogP contribution >= 0.6 is 23.4 Å². The number of halogens is 1. The molecular formula is C24H23ClN4O2S. The summed E-state index contributed by atoms with van der Waals surface area (Å²) in [6.07, 6.45) is 1.77. The van der Waals surface area contributed by atoms with Crippen molar-refractivity contribution in [1.29, 1.82) is 0 Å². The summed E-state index contributed by atoms with van der Waals surface area (Å²) in [7, 11) is 1.68. The monoisotopic (exact) mass is 466 g/mol. The number of thioether (sulfide) groups is 1. The highest BCUT2D eigenvalue weighted by Crippen LogP contribution is 2.30. The summed E-state index contributed by atoms with van der Waals surface area (Å²) < 4.78 is 13.5. The van der Waals surface area contributed by atoms with E-state index in [2.05, 4.69) is 33.4 Å². The van der Waals surface area contributed by atoms with Crippen LogP contribution in [0, 0.1) is 0 Å². The fourth-order valence-electron chi connectivity index (χ4n) is 3.17. The standard InChI is InChI=1S/C24H23ClN4O2S/c1-30-14-13-29-23(27-28-24(29)32-17-18-11-12-22(25)26-15-18)16-31-21-10-6-5-9-20(21)19-7-3-2-4-8-19/h2-12,15H,13-14,16-17H2,1H3. The molecule has 0 fully saturated rings. The van der Waals surface area contributed by atoms with Crippen LogP contribution in [0.3, 0.4) is 0 Å². The summed E-state index contributed by atoms with van der Waals surface area (Å²) in [4.78, 5) is 4.13. The van der Waals surface area contributed by atoms with E-state index in [1.54, 1.807) is 31.1 Å². The second-order valence-electron chi connectivity index (χ2n) is 6.97. The number of benzene rings is 2. The number of para-hydroxylation sites is 1. The summed E-state index contributed by atoms with van der Waals surface area (Å²) in [5.74, 6) is 2.27. The van der Waals surface area contributed by atoms with E-state index in [1.165, 1.54) is 0 Å². The Bertz CT molecular complexity index is 1140. The van der Waals surface area contributed by atoms with Gasteiger partial charge < -0.3 is 14.0 Å². The smallest absolute Gasteiger partial charge is 0.191 e. The van der Waals surface area contributed by atoms with Crippen LogP contribution in [0.1, 0.15) is 11.4 Å². The molecule has 0 amide bonds. The molecule has 2 heterocycles. The van der Waals surface area contributed by atoms with Gasteiger partial charge in [0.1, 0.15) is 17.5 Å². The Labute approximate surface area is 196 Å². The average molecular weight is 467 g/mol. The maximum atomic E-state index is 6.19. The van der Waals surface area contributed by atoms with Crippen LogP contribution in [0.4, 0.5) is 0 Å². The van der Waals surface area contributed by atoms with Gasteiger partial charge in [-0.25, -0.2) is 4.98 Å². The molecule has 164 valence electrons. The SMILES string of the molecule is COCCn1c(COc2ccccc2-c2ccccc2)nnc1SCc1ccc(Cl)nc1. The van der Waals surface area contributed by atoms with Gasteiger partial charge >= 0.3 is 0 Å². The van der Waals surface area contributed by atoms with Crippen LogP contribution < -0.4 is 4.74 Å². The topological polar surface area (TPSA) is 62.1 Å². The maximum absolute atomic E-state index is 6.19. The van der Waals surface area contributed by atoms with Crippen molar-refractivity contribution in [1.82, 2.24) is 19.7 Å². The lowest BCUT2D eigenvalue weighted by Gasteiger charge is -2.13. The third kappa shape index (κ3) is 5.68. The van der Waals surface area contributed by atoms with E-state index in [9.17, 15) is 0 Å². The zero-order chi connectivity index (χ0) is 22.2. The van der Waals surface area contributed by atoms with E-state index < -0.39 is 0 Å². The second-order valence-corrected chi connectivity index (χ2v) is 8.30. The van der Waals surface area contributed by atoms with Gasteiger partial charge in [0.05, 0.1) is 6.61 Å². The summed E-state index contributed by atoms with van der Waals surface area (Å²) in [5.41, 5.74) is 3.22. The number of ether oxygens (including phenoxy) is 2. The number of rotatable bonds is 10. The minimum Gasteiger partial charge on any atom is -0.485 e. The molecule has 8 heteroatoms. The Balaban J connectivity index is 1.50. The Morgan fingerprint density at radius 2 is 1.78 bits per heavy atom. The van der Waals surface area contributed by atoms with Crippen LogP contribution in [0.5, 0.6) is 5.75 Å².